The van der Waals surface area contributed by atoms with Crippen LogP contribution in [0.3, 0.4) is 0 Å². The summed E-state index contributed by atoms with van der Waals surface area (Å²) in [6, 6.07) is 11.8. The third-order valence-electron chi connectivity index (χ3n) is 2.65. The number of hydrogen-bond acceptors (Lipinski definition) is 3. The number of hydrazone groups is 1. The molecule has 2 aromatic rings. The predicted octanol–water partition coefficient (Wildman–Crippen LogP) is 3.49. The summed E-state index contributed by atoms with van der Waals surface area (Å²) in [6.07, 6.45) is 2.40. The Bertz CT molecular complexity index is 641. The van der Waals surface area contributed by atoms with Crippen molar-refractivity contribution >= 4 is 38.8 Å². The lowest BCUT2D eigenvalue weighted by atomic mass is 10.1. The molecule has 0 atom stereocenters. The van der Waals surface area contributed by atoms with E-state index in [-0.39, 0.29) is 12.5 Å². The minimum Gasteiger partial charge on any atom is -0.483 e. The lowest BCUT2D eigenvalue weighted by Gasteiger charge is -2.09. The molecule has 0 aliphatic rings. The second-order valence-corrected chi connectivity index (χ2v) is 4.94. The van der Waals surface area contributed by atoms with E-state index in [1.165, 1.54) is 0 Å². The van der Waals surface area contributed by atoms with Crippen molar-refractivity contribution in [2.75, 3.05) is 6.61 Å². The smallest absolute Gasteiger partial charge is 0.277 e. The summed E-state index contributed by atoms with van der Waals surface area (Å²) < 4.78 is 6.35. The molecule has 0 bridgehead atoms. The first kappa shape index (κ1) is 14.5. The first-order valence-electron chi connectivity index (χ1n) is 6.32. The second kappa shape index (κ2) is 7.05. The zero-order valence-corrected chi connectivity index (χ0v) is 12.7. The van der Waals surface area contributed by atoms with Gasteiger partial charge in [0.1, 0.15) is 5.75 Å². The van der Waals surface area contributed by atoms with Crippen molar-refractivity contribution in [3.8, 4) is 5.75 Å². The fourth-order valence-electron chi connectivity index (χ4n) is 1.71. The zero-order chi connectivity index (χ0) is 14.4. The fraction of sp³-hybridized carbons (Fsp3) is 0.200. The molecule has 0 radical (unpaired) electrons. The van der Waals surface area contributed by atoms with E-state index < -0.39 is 0 Å². The van der Waals surface area contributed by atoms with Gasteiger partial charge >= 0.3 is 0 Å². The van der Waals surface area contributed by atoms with Gasteiger partial charge in [0.2, 0.25) is 0 Å². The second-order valence-electron chi connectivity index (χ2n) is 4.14. The van der Waals surface area contributed by atoms with Crippen LogP contribution >= 0.6 is 15.9 Å². The van der Waals surface area contributed by atoms with Crippen molar-refractivity contribution in [3.05, 3.63) is 40.9 Å². The number of ether oxygens (including phenoxy) is 1. The largest absolute Gasteiger partial charge is 0.483 e. The van der Waals surface area contributed by atoms with E-state index in [0.29, 0.717) is 5.75 Å². The van der Waals surface area contributed by atoms with Crippen LogP contribution in [0.5, 0.6) is 5.75 Å². The van der Waals surface area contributed by atoms with Crippen LogP contribution in [0.2, 0.25) is 0 Å². The quantitative estimate of drug-likeness (QED) is 0.672. The maximum absolute atomic E-state index is 11.5. The first-order valence-corrected chi connectivity index (χ1v) is 7.12. The van der Waals surface area contributed by atoms with Gasteiger partial charge in [0.25, 0.3) is 5.91 Å². The van der Waals surface area contributed by atoms with Gasteiger partial charge in [-0.15, -0.1) is 0 Å². The van der Waals surface area contributed by atoms with Crippen LogP contribution in [0.15, 0.2) is 46.0 Å². The molecule has 1 N–H and O–H groups in total. The summed E-state index contributed by atoms with van der Waals surface area (Å²) in [6.45, 7) is 1.87. The highest BCUT2D eigenvalue weighted by Crippen LogP contribution is 2.32. The van der Waals surface area contributed by atoms with Gasteiger partial charge in [-0.1, -0.05) is 37.3 Å². The standard InChI is InChI=1S/C15H15BrN2O2/c1-2-9-17-18-14(19)10-20-13-8-7-11-5-3-4-6-12(11)15(13)16/h3-9H,2,10H2,1H3,(H,18,19)/b17-9+. The molecule has 0 aliphatic carbocycles. The molecule has 0 unspecified atom stereocenters. The van der Waals surface area contributed by atoms with Crippen LogP contribution < -0.4 is 10.2 Å². The number of nitrogens with one attached hydrogen (secondary N) is 1. The number of carbonyl (C=O) groups excluding carboxylic acids is 1. The van der Waals surface area contributed by atoms with Crippen molar-refractivity contribution in [1.82, 2.24) is 5.43 Å². The van der Waals surface area contributed by atoms with E-state index in [0.717, 1.165) is 21.7 Å². The SMILES string of the molecule is CC/C=N/NC(=O)COc1ccc2ccccc2c1Br. The molecule has 0 aromatic heterocycles. The summed E-state index contributed by atoms with van der Waals surface area (Å²) >= 11 is 3.51. The van der Waals surface area contributed by atoms with Gasteiger partial charge in [-0.05, 0) is 39.2 Å². The highest BCUT2D eigenvalue weighted by molar-refractivity contribution is 9.10. The Kier molecular flexibility index (Phi) is 5.12. The summed E-state index contributed by atoms with van der Waals surface area (Å²) in [4.78, 5) is 11.5. The summed E-state index contributed by atoms with van der Waals surface area (Å²) in [5.74, 6) is 0.355. The lowest BCUT2D eigenvalue weighted by Crippen LogP contribution is -2.24. The monoisotopic (exact) mass is 334 g/mol. The van der Waals surface area contributed by atoms with Crippen molar-refractivity contribution in [3.63, 3.8) is 0 Å². The average molecular weight is 335 g/mol. The molecule has 0 aliphatic heterocycles. The van der Waals surface area contributed by atoms with Crippen molar-refractivity contribution in [1.29, 1.82) is 0 Å². The minimum absolute atomic E-state index is 0.0714. The molecule has 2 aromatic carbocycles. The minimum atomic E-state index is -0.283. The molecule has 0 saturated carbocycles. The van der Waals surface area contributed by atoms with E-state index in [4.69, 9.17) is 4.74 Å². The van der Waals surface area contributed by atoms with Gasteiger partial charge in [-0.3, -0.25) is 4.79 Å². The van der Waals surface area contributed by atoms with E-state index in [1.807, 2.05) is 43.3 Å². The fourth-order valence-corrected chi connectivity index (χ4v) is 2.32. The average Bonchev–Trinajstić information content (AvgIpc) is 2.47. The number of carbonyl (C=O) groups is 1. The Balaban J connectivity index is 2.05. The van der Waals surface area contributed by atoms with Crippen LogP contribution in [-0.4, -0.2) is 18.7 Å². The molecule has 0 saturated heterocycles. The number of fused-ring (bicyclic) bond motifs is 1. The van der Waals surface area contributed by atoms with E-state index in [9.17, 15) is 4.79 Å². The van der Waals surface area contributed by atoms with E-state index >= 15 is 0 Å². The maximum atomic E-state index is 11.5. The Morgan fingerprint density at radius 3 is 2.95 bits per heavy atom. The van der Waals surface area contributed by atoms with Gasteiger partial charge in [0, 0.05) is 6.21 Å². The highest BCUT2D eigenvalue weighted by atomic mass is 79.9. The Morgan fingerprint density at radius 2 is 2.15 bits per heavy atom. The molecular weight excluding hydrogens is 320 g/mol. The number of hydrogen-bond donors (Lipinski definition) is 1. The summed E-state index contributed by atoms with van der Waals surface area (Å²) in [5.41, 5.74) is 2.40. The molecule has 5 heteroatoms. The summed E-state index contributed by atoms with van der Waals surface area (Å²) in [5, 5.41) is 5.92. The molecule has 104 valence electrons. The van der Waals surface area contributed by atoms with Crippen LogP contribution in [0.1, 0.15) is 13.3 Å². The molecular formula is C15H15BrN2O2. The van der Waals surface area contributed by atoms with Crippen LogP contribution in [-0.2, 0) is 4.79 Å². The van der Waals surface area contributed by atoms with E-state index in [1.54, 1.807) is 6.21 Å². The van der Waals surface area contributed by atoms with Gasteiger partial charge in [0.05, 0.1) is 4.47 Å². The first-order chi connectivity index (χ1) is 9.72. The molecule has 0 fully saturated rings. The highest BCUT2D eigenvalue weighted by Gasteiger charge is 2.07. The Labute approximate surface area is 125 Å². The predicted molar refractivity (Wildman–Crippen MR) is 84.1 cm³/mol. The van der Waals surface area contributed by atoms with Crippen molar-refractivity contribution < 1.29 is 9.53 Å². The number of halogens is 1. The molecule has 20 heavy (non-hydrogen) atoms. The van der Waals surface area contributed by atoms with Gasteiger partial charge in [-0.2, -0.15) is 5.10 Å². The van der Waals surface area contributed by atoms with Crippen LogP contribution in [0.4, 0.5) is 0 Å². The zero-order valence-electron chi connectivity index (χ0n) is 11.1. The van der Waals surface area contributed by atoms with Crippen LogP contribution in [0, 0.1) is 0 Å². The number of nitrogens with zero attached hydrogens (tertiary/aromatic N) is 1. The lowest BCUT2D eigenvalue weighted by molar-refractivity contribution is -0.123. The third kappa shape index (κ3) is 3.57. The maximum Gasteiger partial charge on any atom is 0.277 e. The van der Waals surface area contributed by atoms with Crippen molar-refractivity contribution in [2.45, 2.75) is 13.3 Å². The van der Waals surface area contributed by atoms with Gasteiger partial charge in [-0.25, -0.2) is 5.43 Å². The topological polar surface area (TPSA) is 50.7 Å². The Hall–Kier alpha value is -1.88. The van der Waals surface area contributed by atoms with Crippen molar-refractivity contribution in [2.24, 2.45) is 5.10 Å². The molecule has 0 heterocycles. The molecule has 1 amide bonds. The third-order valence-corrected chi connectivity index (χ3v) is 3.47. The number of amides is 1. The molecule has 4 nitrogen and oxygen atoms in total. The summed E-state index contributed by atoms with van der Waals surface area (Å²) in [7, 11) is 0. The number of rotatable bonds is 5. The van der Waals surface area contributed by atoms with E-state index in [2.05, 4.69) is 26.5 Å². The normalized spacial score (nSPS) is 10.9. The van der Waals surface area contributed by atoms with Gasteiger partial charge < -0.3 is 4.74 Å². The molecule has 0 spiro atoms. The number of benzene rings is 2. The Morgan fingerprint density at radius 1 is 1.35 bits per heavy atom. The van der Waals surface area contributed by atoms with Gasteiger partial charge in [0.15, 0.2) is 6.61 Å². The molecule has 2 rings (SSSR count). The van der Waals surface area contributed by atoms with Crippen LogP contribution in [0.25, 0.3) is 10.8 Å².